The molecule has 1 fully saturated rings. The molecule has 0 amide bonds. The molecular formula is C36H46F4N4O10S. The van der Waals surface area contributed by atoms with E-state index in [2.05, 4.69) is 4.74 Å². The molecule has 19 heteroatoms. The molecule has 2 aromatic carbocycles. The first-order valence-corrected chi connectivity index (χ1v) is 18.6. The number of aliphatic carboxylic acids is 4. The van der Waals surface area contributed by atoms with Gasteiger partial charge in [-0.1, -0.05) is 25.0 Å². The molecule has 1 atom stereocenters. The lowest BCUT2D eigenvalue weighted by atomic mass is 10.0. The van der Waals surface area contributed by atoms with Crippen LogP contribution < -0.4 is 4.74 Å². The van der Waals surface area contributed by atoms with Gasteiger partial charge in [0.1, 0.15) is 0 Å². The van der Waals surface area contributed by atoms with E-state index in [1.54, 1.807) is 31.4 Å². The van der Waals surface area contributed by atoms with Crippen molar-refractivity contribution in [3.63, 3.8) is 0 Å². The predicted octanol–water partition coefficient (Wildman–Crippen LogP) is 3.36. The Balaban J connectivity index is 1.59. The number of nitrogens with zero attached hydrogens (tertiary/aromatic N) is 4. The van der Waals surface area contributed by atoms with Gasteiger partial charge in [0.15, 0.2) is 11.6 Å². The van der Waals surface area contributed by atoms with Crippen molar-refractivity contribution in [3.05, 3.63) is 59.2 Å². The molecule has 0 bridgehead atoms. The van der Waals surface area contributed by atoms with Crippen LogP contribution in [0, 0.1) is 23.3 Å². The van der Waals surface area contributed by atoms with E-state index < -0.39 is 64.9 Å². The van der Waals surface area contributed by atoms with E-state index in [-0.39, 0.29) is 84.5 Å². The maximum atomic E-state index is 13.7. The van der Waals surface area contributed by atoms with Crippen LogP contribution in [0.4, 0.5) is 17.6 Å². The van der Waals surface area contributed by atoms with Crippen LogP contribution in [0.1, 0.15) is 37.7 Å². The van der Waals surface area contributed by atoms with Crippen LogP contribution in [0.2, 0.25) is 0 Å². The van der Waals surface area contributed by atoms with Gasteiger partial charge in [-0.2, -0.15) is 8.78 Å². The number of hydrogen-bond donors (Lipinski definition) is 4. The Labute approximate surface area is 319 Å². The average molecular weight is 803 g/mol. The summed E-state index contributed by atoms with van der Waals surface area (Å²) in [6, 6.07) is 7.15. The van der Waals surface area contributed by atoms with Gasteiger partial charge in [-0.3, -0.25) is 43.6 Å². The van der Waals surface area contributed by atoms with Crippen molar-refractivity contribution in [1.29, 1.82) is 0 Å². The molecule has 1 aliphatic rings. The lowest BCUT2D eigenvalue weighted by Gasteiger charge is -2.37. The number of benzene rings is 2. The van der Waals surface area contributed by atoms with Crippen molar-refractivity contribution in [2.75, 3.05) is 77.7 Å². The summed E-state index contributed by atoms with van der Waals surface area (Å²) in [5.74, 6) is -13.0. The monoisotopic (exact) mass is 802 g/mol. The van der Waals surface area contributed by atoms with Gasteiger partial charge >= 0.3 is 29.8 Å². The molecule has 1 saturated heterocycles. The molecule has 55 heavy (non-hydrogen) atoms. The van der Waals surface area contributed by atoms with Crippen molar-refractivity contribution in [1.82, 2.24) is 19.6 Å². The quantitative estimate of drug-likeness (QED) is 0.0404. The number of carboxylic acids is 4. The Morgan fingerprint density at radius 1 is 0.655 bits per heavy atom. The van der Waals surface area contributed by atoms with Crippen molar-refractivity contribution >= 4 is 41.6 Å². The molecule has 0 aromatic heterocycles. The number of rotatable bonds is 19. The second kappa shape index (κ2) is 22.9. The average Bonchev–Trinajstić information content (AvgIpc) is 3.10. The highest BCUT2D eigenvalue weighted by molar-refractivity contribution is 7.99. The number of carboxylic acid groups (broad SMARTS) is 4. The molecule has 304 valence electrons. The summed E-state index contributed by atoms with van der Waals surface area (Å²) in [7, 11) is 0. The number of halogens is 4. The van der Waals surface area contributed by atoms with Crippen LogP contribution in [0.15, 0.2) is 35.2 Å². The summed E-state index contributed by atoms with van der Waals surface area (Å²) in [6.07, 6.45) is 2.57. The SMILES string of the molecule is O=C(O)CN1CCN(CC(=O)O)CCN(CC(=O)O)[C@@H](Cc2ccc(SCCCCCCC(=O)Oc3c(F)c(F)cc(F)c3F)cc2)CN(CC(=O)O)CC1. The topological polar surface area (TPSA) is 188 Å². The van der Waals surface area contributed by atoms with Crippen LogP contribution in [0.25, 0.3) is 0 Å². The van der Waals surface area contributed by atoms with Gasteiger partial charge in [-0.15, -0.1) is 11.8 Å². The number of carbonyl (C=O) groups excluding carboxylic acids is 1. The molecule has 0 saturated carbocycles. The van der Waals surface area contributed by atoms with Crippen LogP contribution >= 0.6 is 11.8 Å². The maximum absolute atomic E-state index is 13.7. The number of thioether (sulfide) groups is 1. The zero-order valence-electron chi connectivity index (χ0n) is 30.1. The third-order valence-electron chi connectivity index (χ3n) is 8.79. The third kappa shape index (κ3) is 16.5. The molecule has 4 N–H and O–H groups in total. The van der Waals surface area contributed by atoms with E-state index >= 15 is 0 Å². The summed E-state index contributed by atoms with van der Waals surface area (Å²) in [5.41, 5.74) is 0.856. The molecule has 1 heterocycles. The van der Waals surface area contributed by atoms with E-state index in [9.17, 15) is 62.0 Å². The summed E-state index contributed by atoms with van der Waals surface area (Å²) in [5, 5.41) is 38.3. The van der Waals surface area contributed by atoms with E-state index in [0.29, 0.717) is 19.3 Å². The largest absolute Gasteiger partial charge is 0.480 e. The molecule has 3 rings (SSSR count). The fraction of sp³-hybridized carbons (Fsp3) is 0.528. The normalized spacial score (nSPS) is 16.9. The zero-order chi connectivity index (χ0) is 40.5. The van der Waals surface area contributed by atoms with Crippen LogP contribution in [-0.2, 0) is 30.4 Å². The zero-order valence-corrected chi connectivity index (χ0v) is 31.0. The lowest BCUT2D eigenvalue weighted by Crippen LogP contribution is -2.53. The maximum Gasteiger partial charge on any atom is 0.317 e. The van der Waals surface area contributed by atoms with Gasteiger partial charge in [-0.05, 0) is 42.7 Å². The number of ether oxygens (including phenoxy) is 1. The van der Waals surface area contributed by atoms with Gasteiger partial charge in [0, 0.05) is 69.2 Å². The Morgan fingerprint density at radius 2 is 1.15 bits per heavy atom. The Kier molecular flexibility index (Phi) is 18.8. The van der Waals surface area contributed by atoms with Crippen LogP contribution in [0.5, 0.6) is 5.75 Å². The minimum Gasteiger partial charge on any atom is -0.480 e. The fourth-order valence-electron chi connectivity index (χ4n) is 6.07. The molecule has 0 spiro atoms. The van der Waals surface area contributed by atoms with Crippen molar-refractivity contribution in [3.8, 4) is 5.75 Å². The first kappa shape index (κ1) is 45.1. The van der Waals surface area contributed by atoms with Crippen LogP contribution in [-0.4, -0.2) is 154 Å². The molecule has 0 aliphatic carbocycles. The van der Waals surface area contributed by atoms with Crippen molar-refractivity contribution in [2.24, 2.45) is 0 Å². The van der Waals surface area contributed by atoms with Gasteiger partial charge in [-0.25, -0.2) is 8.78 Å². The Bertz CT molecular complexity index is 1600. The fourth-order valence-corrected chi connectivity index (χ4v) is 6.98. The minimum absolute atomic E-state index is 0.0244. The first-order chi connectivity index (χ1) is 26.1. The summed E-state index contributed by atoms with van der Waals surface area (Å²) in [6.45, 7) is -0.0128. The van der Waals surface area contributed by atoms with Crippen LogP contribution in [0.3, 0.4) is 0 Å². The molecule has 1 aliphatic heterocycles. The highest BCUT2D eigenvalue weighted by Crippen LogP contribution is 2.27. The molecule has 2 aromatic rings. The number of unbranched alkanes of at least 4 members (excludes halogenated alkanes) is 3. The van der Waals surface area contributed by atoms with E-state index in [4.69, 9.17) is 0 Å². The van der Waals surface area contributed by atoms with Crippen molar-refractivity contribution < 1.29 is 66.7 Å². The second-order valence-electron chi connectivity index (χ2n) is 13.1. The summed E-state index contributed by atoms with van der Waals surface area (Å²) < 4.78 is 58.7. The second-order valence-corrected chi connectivity index (χ2v) is 14.3. The van der Waals surface area contributed by atoms with E-state index in [1.807, 2.05) is 24.3 Å². The van der Waals surface area contributed by atoms with Gasteiger partial charge in [0.2, 0.25) is 17.4 Å². The van der Waals surface area contributed by atoms with Crippen molar-refractivity contribution in [2.45, 2.75) is 49.5 Å². The highest BCUT2D eigenvalue weighted by Gasteiger charge is 2.28. The summed E-state index contributed by atoms with van der Waals surface area (Å²) in [4.78, 5) is 66.5. The van der Waals surface area contributed by atoms with E-state index in [1.165, 1.54) is 0 Å². The molecule has 0 radical (unpaired) electrons. The minimum atomic E-state index is -1.78. The highest BCUT2D eigenvalue weighted by atomic mass is 32.2. The Hall–Kier alpha value is -4.30. The van der Waals surface area contributed by atoms with E-state index in [0.717, 1.165) is 29.1 Å². The molecule has 0 unspecified atom stereocenters. The molecule has 14 nitrogen and oxygen atoms in total. The third-order valence-corrected chi connectivity index (χ3v) is 9.89. The molecular weight excluding hydrogens is 756 g/mol. The first-order valence-electron chi connectivity index (χ1n) is 17.6. The summed E-state index contributed by atoms with van der Waals surface area (Å²) >= 11 is 1.58. The standard InChI is InChI=1S/C36H46F4N4O10S/c37-27-18-28(38)35(40)36(34(27)39)54-33(53)5-3-1-2-4-16-55-26-8-6-24(7-9-26)17-25-19-43(22-31(49)50)13-12-41(20-29(45)46)10-11-42(21-30(47)48)14-15-44(25)23-32(51)52/h6-9,18,25H,1-5,10-17,19-23H2,(H,45,46)(H,47,48)(H,49,50)(H,51,52)/t25-/m0/s1. The van der Waals surface area contributed by atoms with Gasteiger partial charge < -0.3 is 25.2 Å². The predicted molar refractivity (Wildman–Crippen MR) is 191 cm³/mol. The Morgan fingerprint density at radius 3 is 1.69 bits per heavy atom. The van der Waals surface area contributed by atoms with Gasteiger partial charge in [0.25, 0.3) is 0 Å². The number of esters is 1. The smallest absolute Gasteiger partial charge is 0.317 e. The lowest BCUT2D eigenvalue weighted by molar-refractivity contribution is -0.142. The number of hydrogen-bond acceptors (Lipinski definition) is 11. The van der Waals surface area contributed by atoms with Gasteiger partial charge in [0.05, 0.1) is 26.2 Å². The number of carbonyl (C=O) groups is 5.